The Morgan fingerprint density at radius 1 is 1.60 bits per heavy atom. The predicted molar refractivity (Wildman–Crippen MR) is 35.2 cm³/mol. The second-order valence-electron chi connectivity index (χ2n) is 1.78. The van der Waals surface area contributed by atoms with Crippen LogP contribution in [-0.4, -0.2) is 0 Å². The van der Waals surface area contributed by atoms with E-state index in [4.69, 9.17) is 4.42 Å². The maximum Gasteiger partial charge on any atom is 0.214 e. The van der Waals surface area contributed by atoms with Crippen LogP contribution in [0.25, 0.3) is 0 Å². The third-order valence-corrected chi connectivity index (χ3v) is 1.12. The SMILES string of the molecule is Cc1occc(=O)c1N=O. The molecule has 52 valence electrons. The quantitative estimate of drug-likeness (QED) is 0.551. The van der Waals surface area contributed by atoms with Gasteiger partial charge in [-0.3, -0.25) is 4.79 Å². The normalized spacial score (nSPS) is 9.30. The first kappa shape index (κ1) is 6.67. The molecule has 1 heterocycles. The lowest BCUT2D eigenvalue weighted by Crippen LogP contribution is -1.97. The van der Waals surface area contributed by atoms with E-state index < -0.39 is 5.43 Å². The van der Waals surface area contributed by atoms with E-state index in [1.807, 2.05) is 0 Å². The van der Waals surface area contributed by atoms with Crippen molar-refractivity contribution in [1.82, 2.24) is 0 Å². The zero-order valence-electron chi connectivity index (χ0n) is 5.33. The molecule has 0 saturated carbocycles. The summed E-state index contributed by atoms with van der Waals surface area (Å²) in [6, 6.07) is 1.16. The van der Waals surface area contributed by atoms with Gasteiger partial charge in [-0.05, 0) is 12.1 Å². The van der Waals surface area contributed by atoms with Gasteiger partial charge in [-0.25, -0.2) is 0 Å². The van der Waals surface area contributed by atoms with Crippen LogP contribution < -0.4 is 5.43 Å². The molecule has 0 N–H and O–H groups in total. The van der Waals surface area contributed by atoms with E-state index in [1.54, 1.807) is 0 Å². The number of nitroso groups, excluding NO2 is 1. The van der Waals surface area contributed by atoms with Gasteiger partial charge in [0.25, 0.3) is 0 Å². The lowest BCUT2D eigenvalue weighted by Gasteiger charge is -1.90. The van der Waals surface area contributed by atoms with Crippen LogP contribution in [0, 0.1) is 11.8 Å². The summed E-state index contributed by atoms with van der Waals surface area (Å²) in [4.78, 5) is 20.7. The third-order valence-electron chi connectivity index (χ3n) is 1.12. The number of rotatable bonds is 1. The zero-order valence-corrected chi connectivity index (χ0v) is 5.33. The Balaban J connectivity index is 3.45. The summed E-state index contributed by atoms with van der Waals surface area (Å²) in [6.07, 6.45) is 1.23. The van der Waals surface area contributed by atoms with Gasteiger partial charge in [0.1, 0.15) is 5.76 Å². The molecule has 0 fully saturated rings. The number of aryl methyl sites for hydroxylation is 1. The largest absolute Gasteiger partial charge is 0.467 e. The molecule has 10 heavy (non-hydrogen) atoms. The van der Waals surface area contributed by atoms with Crippen molar-refractivity contribution in [3.8, 4) is 0 Å². The second kappa shape index (κ2) is 2.43. The van der Waals surface area contributed by atoms with Crippen molar-refractivity contribution in [3.63, 3.8) is 0 Å². The van der Waals surface area contributed by atoms with Crippen molar-refractivity contribution >= 4 is 5.69 Å². The lowest BCUT2D eigenvalue weighted by atomic mass is 10.3. The predicted octanol–water partition coefficient (Wildman–Crippen LogP) is 1.35. The van der Waals surface area contributed by atoms with Gasteiger partial charge >= 0.3 is 0 Å². The van der Waals surface area contributed by atoms with Crippen LogP contribution >= 0.6 is 0 Å². The fourth-order valence-electron chi connectivity index (χ4n) is 0.615. The molecule has 0 radical (unpaired) electrons. The Morgan fingerprint density at radius 2 is 2.30 bits per heavy atom. The van der Waals surface area contributed by atoms with E-state index in [1.165, 1.54) is 13.2 Å². The van der Waals surface area contributed by atoms with E-state index in [0.717, 1.165) is 6.07 Å². The Bertz CT molecular complexity index is 302. The summed E-state index contributed by atoms with van der Waals surface area (Å²) in [5.74, 6) is 0.252. The van der Waals surface area contributed by atoms with Crippen LogP contribution in [0.4, 0.5) is 5.69 Å². The molecule has 0 amide bonds. The van der Waals surface area contributed by atoms with Crippen LogP contribution in [0.3, 0.4) is 0 Å². The number of hydrogen-bond donors (Lipinski definition) is 0. The molecule has 0 aliphatic heterocycles. The molecule has 0 atom stereocenters. The van der Waals surface area contributed by atoms with Crippen molar-refractivity contribution in [2.75, 3.05) is 0 Å². The molecule has 1 aromatic heterocycles. The van der Waals surface area contributed by atoms with Gasteiger partial charge in [0.05, 0.1) is 6.26 Å². The molecule has 1 aromatic rings. The Kier molecular flexibility index (Phi) is 1.62. The molecule has 1 rings (SSSR count). The Hall–Kier alpha value is -1.45. The first-order valence-electron chi connectivity index (χ1n) is 2.67. The fourth-order valence-corrected chi connectivity index (χ4v) is 0.615. The van der Waals surface area contributed by atoms with Gasteiger partial charge in [-0.2, -0.15) is 0 Å². The molecule has 0 unspecified atom stereocenters. The highest BCUT2D eigenvalue weighted by molar-refractivity contribution is 5.37. The summed E-state index contributed by atoms with van der Waals surface area (Å²) in [5.41, 5.74) is -0.554. The molecule has 0 saturated heterocycles. The number of hydrogen-bond acceptors (Lipinski definition) is 4. The summed E-state index contributed by atoms with van der Waals surface area (Å²) < 4.78 is 4.74. The van der Waals surface area contributed by atoms with Gasteiger partial charge in [-0.15, -0.1) is 4.91 Å². The zero-order chi connectivity index (χ0) is 7.56. The highest BCUT2D eigenvalue weighted by atomic mass is 16.3. The monoisotopic (exact) mass is 139 g/mol. The summed E-state index contributed by atoms with van der Waals surface area (Å²) >= 11 is 0. The van der Waals surface area contributed by atoms with Crippen LogP contribution in [0.1, 0.15) is 5.76 Å². The molecular formula is C6H5NO3. The summed E-state index contributed by atoms with van der Waals surface area (Å²) in [6.45, 7) is 1.51. The third kappa shape index (κ3) is 0.953. The van der Waals surface area contributed by atoms with E-state index in [0.29, 0.717) is 0 Å². The highest BCUT2D eigenvalue weighted by Crippen LogP contribution is 2.09. The molecule has 0 aliphatic rings. The van der Waals surface area contributed by atoms with E-state index >= 15 is 0 Å². The Morgan fingerprint density at radius 3 is 2.70 bits per heavy atom. The van der Waals surface area contributed by atoms with Crippen molar-refractivity contribution in [2.24, 2.45) is 5.18 Å². The highest BCUT2D eigenvalue weighted by Gasteiger charge is 2.02. The average Bonchev–Trinajstić information content (AvgIpc) is 1.88. The molecular weight excluding hydrogens is 134 g/mol. The van der Waals surface area contributed by atoms with E-state index in [2.05, 4.69) is 5.18 Å². The van der Waals surface area contributed by atoms with Gasteiger partial charge in [0, 0.05) is 6.07 Å². The maximum absolute atomic E-state index is 10.7. The van der Waals surface area contributed by atoms with Gasteiger partial charge in [0.2, 0.25) is 5.43 Å². The van der Waals surface area contributed by atoms with Crippen LogP contribution in [0.2, 0.25) is 0 Å². The number of nitrogens with zero attached hydrogens (tertiary/aromatic N) is 1. The molecule has 0 aliphatic carbocycles. The lowest BCUT2D eigenvalue weighted by molar-refractivity contribution is 0.516. The average molecular weight is 139 g/mol. The smallest absolute Gasteiger partial charge is 0.214 e. The second-order valence-corrected chi connectivity index (χ2v) is 1.78. The van der Waals surface area contributed by atoms with Gasteiger partial charge < -0.3 is 4.42 Å². The first-order chi connectivity index (χ1) is 4.75. The minimum absolute atomic E-state index is 0.150. The van der Waals surface area contributed by atoms with Crippen molar-refractivity contribution in [3.05, 3.63) is 33.2 Å². The van der Waals surface area contributed by atoms with Crippen LogP contribution in [0.15, 0.2) is 26.7 Å². The van der Waals surface area contributed by atoms with Gasteiger partial charge in [-0.1, -0.05) is 0 Å². The maximum atomic E-state index is 10.7. The summed E-state index contributed by atoms with van der Waals surface area (Å²) in [7, 11) is 0. The Labute approximate surface area is 56.5 Å². The van der Waals surface area contributed by atoms with E-state index in [9.17, 15) is 9.70 Å². The summed E-state index contributed by atoms with van der Waals surface area (Å²) in [5, 5.41) is 2.51. The molecule has 0 spiro atoms. The molecule has 0 aromatic carbocycles. The molecule has 0 bridgehead atoms. The standard InChI is InChI=1S/C6H5NO3/c1-4-6(7-9)5(8)2-3-10-4/h2-3H,1H3. The minimum atomic E-state index is -0.404. The minimum Gasteiger partial charge on any atom is -0.467 e. The van der Waals surface area contributed by atoms with Crippen LogP contribution in [0.5, 0.6) is 0 Å². The van der Waals surface area contributed by atoms with Gasteiger partial charge in [0.15, 0.2) is 5.69 Å². The van der Waals surface area contributed by atoms with E-state index in [-0.39, 0.29) is 11.4 Å². The van der Waals surface area contributed by atoms with Crippen molar-refractivity contribution < 1.29 is 4.42 Å². The van der Waals surface area contributed by atoms with Crippen molar-refractivity contribution in [2.45, 2.75) is 6.92 Å². The van der Waals surface area contributed by atoms with Crippen LogP contribution in [-0.2, 0) is 0 Å². The topological polar surface area (TPSA) is 59.6 Å². The fraction of sp³-hybridized carbons (Fsp3) is 0.167. The van der Waals surface area contributed by atoms with Crippen molar-refractivity contribution in [1.29, 1.82) is 0 Å². The molecule has 4 heteroatoms. The first-order valence-corrected chi connectivity index (χ1v) is 2.67. The molecule has 4 nitrogen and oxygen atoms in total.